The van der Waals surface area contributed by atoms with Gasteiger partial charge in [-0.1, -0.05) is 37.8 Å². The van der Waals surface area contributed by atoms with Crippen molar-refractivity contribution in [1.82, 2.24) is 4.90 Å². The first-order chi connectivity index (χ1) is 18.9. The molecule has 1 fully saturated rings. The normalized spacial score (nSPS) is 17.4. The highest BCUT2D eigenvalue weighted by molar-refractivity contribution is 6.00. The smallest absolute Gasteiger partial charge is 0.387 e. The summed E-state index contributed by atoms with van der Waals surface area (Å²) >= 11 is 0. The molecule has 0 spiro atoms. The van der Waals surface area contributed by atoms with E-state index in [-0.39, 0.29) is 31.7 Å². The third-order valence-corrected chi connectivity index (χ3v) is 7.36. The summed E-state index contributed by atoms with van der Waals surface area (Å²) in [6, 6.07) is 17.2. The van der Waals surface area contributed by atoms with Crippen molar-refractivity contribution in [2.75, 3.05) is 26.3 Å². The summed E-state index contributed by atoms with van der Waals surface area (Å²) in [4.78, 5) is 2.21. The fourth-order valence-corrected chi connectivity index (χ4v) is 5.55. The lowest BCUT2D eigenvalue weighted by Crippen LogP contribution is -2.26. The molecule has 0 saturated carbocycles. The molecule has 1 saturated heterocycles. The van der Waals surface area contributed by atoms with Crippen molar-refractivity contribution in [1.29, 1.82) is 0 Å². The summed E-state index contributed by atoms with van der Waals surface area (Å²) in [5, 5.41) is 10.0. The molecular weight excluding hydrogens is 522 g/mol. The van der Waals surface area contributed by atoms with Crippen LogP contribution in [0.3, 0.4) is 0 Å². The van der Waals surface area contributed by atoms with Crippen LogP contribution in [0.15, 0.2) is 60.7 Å². The van der Waals surface area contributed by atoms with Crippen LogP contribution in [0.2, 0.25) is 0 Å². The maximum absolute atomic E-state index is 15.1. The average Bonchev–Trinajstić information content (AvgIpc) is 3.28. The van der Waals surface area contributed by atoms with Crippen LogP contribution in [0.1, 0.15) is 55.4 Å². The molecule has 5 rings (SSSR count). The number of allylic oxidation sites excluding steroid dienone is 1. The van der Waals surface area contributed by atoms with Gasteiger partial charge in [-0.2, -0.15) is 8.78 Å². The maximum atomic E-state index is 15.1. The summed E-state index contributed by atoms with van der Waals surface area (Å²) < 4.78 is 63.6. The lowest BCUT2D eigenvalue weighted by atomic mass is 9.87. The lowest BCUT2D eigenvalue weighted by molar-refractivity contribution is -0.0498. The van der Waals surface area contributed by atoms with E-state index in [2.05, 4.69) is 9.64 Å². The van der Waals surface area contributed by atoms with Crippen LogP contribution in [0, 0.1) is 5.82 Å². The molecule has 0 radical (unpaired) electrons. The number of likely N-dealkylation sites (tertiary alicyclic amines) is 1. The Balaban J connectivity index is 0.00000370. The number of halogens is 4. The molecule has 3 aromatic carbocycles. The van der Waals surface area contributed by atoms with Gasteiger partial charge in [0.15, 0.2) is 11.6 Å². The second-order valence-electron chi connectivity index (χ2n) is 9.93. The Morgan fingerprint density at radius 3 is 2.33 bits per heavy atom. The number of rotatable bonds is 9. The standard InChI is InChI=1S/C31H31F4NO3.CH4/c32-16-2-17-36-18-15-24(19-36)38-22-11-7-21(8-12-22)29-25(20-5-9-23(10-6-20)39-31(34)35)3-1-4-27-26(29)13-14-28(37)30(27)33;/h5-14,24,31,37H,1-4,15-19H2;1H4/t24-;/m0./s1. The van der Waals surface area contributed by atoms with Crippen molar-refractivity contribution in [3.05, 3.63) is 88.7 Å². The van der Waals surface area contributed by atoms with Gasteiger partial charge in [-0.25, -0.2) is 4.39 Å². The minimum Gasteiger partial charge on any atom is -0.505 e. The van der Waals surface area contributed by atoms with E-state index in [4.69, 9.17) is 4.74 Å². The number of fused-ring (bicyclic) bond motifs is 1. The summed E-state index contributed by atoms with van der Waals surface area (Å²) in [6.45, 7) is -0.850. The highest BCUT2D eigenvalue weighted by Crippen LogP contribution is 2.42. The van der Waals surface area contributed by atoms with Gasteiger partial charge in [-0.05, 0) is 95.8 Å². The molecular formula is C32H35F4NO3. The zero-order chi connectivity index (χ0) is 27.4. The molecule has 1 heterocycles. The number of hydrogen-bond acceptors (Lipinski definition) is 4. The predicted molar refractivity (Wildman–Crippen MR) is 149 cm³/mol. The Hall–Kier alpha value is -3.52. The van der Waals surface area contributed by atoms with Crippen molar-refractivity contribution in [2.45, 2.75) is 52.2 Å². The Kier molecular flexibility index (Phi) is 9.74. The maximum Gasteiger partial charge on any atom is 0.387 e. The number of phenolic OH excluding ortho intramolecular Hbond substituents is 1. The van der Waals surface area contributed by atoms with Crippen LogP contribution < -0.4 is 9.47 Å². The molecule has 40 heavy (non-hydrogen) atoms. The fraction of sp³-hybridized carbons (Fsp3) is 0.375. The Morgan fingerprint density at radius 2 is 1.62 bits per heavy atom. The topological polar surface area (TPSA) is 41.9 Å². The molecule has 1 N–H and O–H groups in total. The fourth-order valence-electron chi connectivity index (χ4n) is 5.55. The largest absolute Gasteiger partial charge is 0.505 e. The van der Waals surface area contributed by atoms with E-state index < -0.39 is 12.4 Å². The predicted octanol–water partition coefficient (Wildman–Crippen LogP) is 7.88. The van der Waals surface area contributed by atoms with Crippen molar-refractivity contribution >= 4 is 11.1 Å². The third kappa shape index (κ3) is 6.61. The minimum absolute atomic E-state index is 0. The van der Waals surface area contributed by atoms with Crippen molar-refractivity contribution in [3.63, 3.8) is 0 Å². The van der Waals surface area contributed by atoms with Gasteiger partial charge in [0.1, 0.15) is 17.6 Å². The first kappa shape index (κ1) is 29.5. The highest BCUT2D eigenvalue weighted by atomic mass is 19.3. The van der Waals surface area contributed by atoms with Gasteiger partial charge in [0.05, 0.1) is 6.67 Å². The quantitative estimate of drug-likeness (QED) is 0.272. The summed E-state index contributed by atoms with van der Waals surface area (Å²) in [7, 11) is 0. The van der Waals surface area contributed by atoms with Crippen LogP contribution in [0.4, 0.5) is 17.6 Å². The number of benzene rings is 3. The summed E-state index contributed by atoms with van der Waals surface area (Å²) in [5.41, 5.74) is 4.61. The van der Waals surface area contributed by atoms with E-state index in [9.17, 15) is 18.3 Å². The Bertz CT molecular complexity index is 1310. The monoisotopic (exact) mass is 557 g/mol. The third-order valence-electron chi connectivity index (χ3n) is 7.36. The molecule has 4 nitrogen and oxygen atoms in total. The Morgan fingerprint density at radius 1 is 0.925 bits per heavy atom. The van der Waals surface area contributed by atoms with Gasteiger partial charge >= 0.3 is 6.61 Å². The van der Waals surface area contributed by atoms with E-state index in [1.165, 1.54) is 18.2 Å². The second-order valence-corrected chi connectivity index (χ2v) is 9.93. The number of alkyl halides is 3. The van der Waals surface area contributed by atoms with E-state index in [0.29, 0.717) is 36.8 Å². The molecule has 214 valence electrons. The van der Waals surface area contributed by atoms with Crippen LogP contribution in [0.5, 0.6) is 17.2 Å². The molecule has 1 atom stereocenters. The molecule has 0 aromatic heterocycles. The SMILES string of the molecule is C.Oc1ccc2c(c1F)CCCC(c1ccc(OC(F)F)cc1)=C2c1ccc(O[C@H]2CCN(CCCF)C2)cc1. The van der Waals surface area contributed by atoms with E-state index in [1.54, 1.807) is 18.2 Å². The van der Waals surface area contributed by atoms with Gasteiger partial charge in [0.2, 0.25) is 0 Å². The van der Waals surface area contributed by atoms with Gasteiger partial charge in [0.25, 0.3) is 0 Å². The van der Waals surface area contributed by atoms with Crippen LogP contribution in [-0.4, -0.2) is 49.0 Å². The average molecular weight is 558 g/mol. The zero-order valence-electron chi connectivity index (χ0n) is 21.5. The number of nitrogens with zero attached hydrogens (tertiary/aromatic N) is 1. The summed E-state index contributed by atoms with van der Waals surface area (Å²) in [6.07, 6.45) is 3.19. The van der Waals surface area contributed by atoms with Crippen molar-refractivity contribution < 1.29 is 32.1 Å². The second kappa shape index (κ2) is 13.2. The van der Waals surface area contributed by atoms with E-state index in [1.807, 2.05) is 24.3 Å². The number of aromatic hydroxyl groups is 1. The van der Waals surface area contributed by atoms with Gasteiger partial charge in [0, 0.05) is 19.6 Å². The molecule has 0 unspecified atom stereocenters. The van der Waals surface area contributed by atoms with Gasteiger partial charge < -0.3 is 14.6 Å². The molecule has 3 aromatic rings. The molecule has 1 aliphatic carbocycles. The van der Waals surface area contributed by atoms with Crippen LogP contribution in [0.25, 0.3) is 11.1 Å². The minimum atomic E-state index is -2.91. The van der Waals surface area contributed by atoms with Crippen molar-refractivity contribution in [3.8, 4) is 17.2 Å². The molecule has 0 amide bonds. The number of hydrogen-bond donors (Lipinski definition) is 1. The van der Waals surface area contributed by atoms with E-state index in [0.717, 1.165) is 54.1 Å². The first-order valence-electron chi connectivity index (χ1n) is 13.3. The van der Waals surface area contributed by atoms with Crippen molar-refractivity contribution in [2.24, 2.45) is 0 Å². The zero-order valence-corrected chi connectivity index (χ0v) is 21.5. The molecule has 2 aliphatic rings. The van der Waals surface area contributed by atoms with Crippen LogP contribution in [-0.2, 0) is 6.42 Å². The van der Waals surface area contributed by atoms with Gasteiger partial charge in [-0.3, -0.25) is 9.29 Å². The molecule has 1 aliphatic heterocycles. The lowest BCUT2D eigenvalue weighted by Gasteiger charge is -2.19. The van der Waals surface area contributed by atoms with Gasteiger partial charge in [-0.15, -0.1) is 0 Å². The molecule has 8 heteroatoms. The first-order valence-corrected chi connectivity index (χ1v) is 13.3. The number of phenols is 1. The Labute approximate surface area is 232 Å². The molecule has 0 bridgehead atoms. The van der Waals surface area contributed by atoms with E-state index >= 15 is 4.39 Å². The summed E-state index contributed by atoms with van der Waals surface area (Å²) in [5.74, 6) is -0.216. The van der Waals surface area contributed by atoms with Crippen LogP contribution >= 0.6 is 0 Å². The number of ether oxygens (including phenoxy) is 2. The highest BCUT2D eigenvalue weighted by Gasteiger charge is 2.25.